The summed E-state index contributed by atoms with van der Waals surface area (Å²) in [4.78, 5) is 2.03. The maximum atomic E-state index is 11.2. The normalized spacial score (nSPS) is 13.3. The molecular weight excluding hydrogens is 248 g/mol. The van der Waals surface area contributed by atoms with Gasteiger partial charge in [0.05, 0.1) is 5.75 Å². The average molecular weight is 270 g/mol. The van der Waals surface area contributed by atoms with Crippen LogP contribution in [-0.2, 0) is 9.84 Å². The summed E-state index contributed by atoms with van der Waals surface area (Å²) >= 11 is 0. The first-order valence-electron chi connectivity index (χ1n) is 5.96. The fourth-order valence-electron chi connectivity index (χ4n) is 1.83. The molecule has 0 amide bonds. The minimum atomic E-state index is -2.91. The molecule has 1 atom stereocenters. The second-order valence-electron chi connectivity index (χ2n) is 4.75. The van der Waals surface area contributed by atoms with Crippen LogP contribution in [-0.4, -0.2) is 41.6 Å². The summed E-state index contributed by atoms with van der Waals surface area (Å²) in [5.41, 5.74) is 2.24. The second-order valence-corrected chi connectivity index (χ2v) is 7.01. The van der Waals surface area contributed by atoms with Crippen LogP contribution < -0.4 is 10.2 Å². The first-order chi connectivity index (χ1) is 8.33. The van der Waals surface area contributed by atoms with Crippen LogP contribution in [0.1, 0.15) is 18.0 Å². The zero-order valence-electron chi connectivity index (χ0n) is 11.5. The van der Waals surface area contributed by atoms with Crippen molar-refractivity contribution in [3.05, 3.63) is 29.8 Å². The molecule has 4 nitrogen and oxygen atoms in total. The van der Waals surface area contributed by atoms with Gasteiger partial charge < -0.3 is 10.2 Å². The lowest BCUT2D eigenvalue weighted by Gasteiger charge is -2.19. The summed E-state index contributed by atoms with van der Waals surface area (Å²) in [5, 5.41) is 3.17. The zero-order valence-corrected chi connectivity index (χ0v) is 12.3. The third-order valence-electron chi connectivity index (χ3n) is 2.91. The Hall–Kier alpha value is -1.07. The van der Waals surface area contributed by atoms with Crippen molar-refractivity contribution < 1.29 is 8.42 Å². The van der Waals surface area contributed by atoms with Crippen LogP contribution in [0.15, 0.2) is 24.3 Å². The van der Waals surface area contributed by atoms with Gasteiger partial charge in [-0.25, -0.2) is 8.42 Å². The molecule has 0 radical (unpaired) electrons. The van der Waals surface area contributed by atoms with Crippen molar-refractivity contribution >= 4 is 15.5 Å². The van der Waals surface area contributed by atoms with Crippen molar-refractivity contribution in [2.75, 3.05) is 38.1 Å². The van der Waals surface area contributed by atoms with E-state index in [2.05, 4.69) is 11.4 Å². The molecule has 102 valence electrons. The van der Waals surface area contributed by atoms with Gasteiger partial charge in [-0.3, -0.25) is 0 Å². The molecular formula is C13H22N2O2S. The monoisotopic (exact) mass is 270 g/mol. The number of rotatable bonds is 6. The van der Waals surface area contributed by atoms with E-state index < -0.39 is 9.84 Å². The molecule has 0 fully saturated rings. The summed E-state index contributed by atoms with van der Waals surface area (Å²) in [6.45, 7) is 0. The van der Waals surface area contributed by atoms with Gasteiger partial charge in [-0.2, -0.15) is 0 Å². The van der Waals surface area contributed by atoms with Crippen LogP contribution in [0.2, 0.25) is 0 Å². The number of hydrogen-bond donors (Lipinski definition) is 1. The lowest BCUT2D eigenvalue weighted by molar-refractivity contribution is 0.559. The van der Waals surface area contributed by atoms with Gasteiger partial charge in [-0.15, -0.1) is 0 Å². The van der Waals surface area contributed by atoms with Crippen LogP contribution >= 0.6 is 0 Å². The molecule has 1 rings (SSSR count). The van der Waals surface area contributed by atoms with Crippen LogP contribution in [0.3, 0.4) is 0 Å². The van der Waals surface area contributed by atoms with Crippen molar-refractivity contribution in [3.8, 4) is 0 Å². The Balaban J connectivity index is 2.85. The molecule has 0 saturated carbocycles. The molecule has 0 spiro atoms. The maximum absolute atomic E-state index is 11.2. The van der Waals surface area contributed by atoms with E-state index in [0.717, 1.165) is 11.3 Å². The molecule has 5 heteroatoms. The molecule has 1 aromatic carbocycles. The molecule has 18 heavy (non-hydrogen) atoms. The molecule has 0 aliphatic rings. The van der Waals surface area contributed by atoms with Crippen LogP contribution in [0, 0.1) is 0 Å². The summed E-state index contributed by atoms with van der Waals surface area (Å²) < 4.78 is 22.4. The van der Waals surface area contributed by atoms with Gasteiger partial charge >= 0.3 is 0 Å². The van der Waals surface area contributed by atoms with E-state index in [4.69, 9.17) is 0 Å². The van der Waals surface area contributed by atoms with Crippen molar-refractivity contribution in [2.45, 2.75) is 12.5 Å². The molecule has 0 aliphatic heterocycles. The fraction of sp³-hybridized carbons (Fsp3) is 0.538. The number of sulfone groups is 1. The zero-order chi connectivity index (χ0) is 13.8. The van der Waals surface area contributed by atoms with Gasteiger partial charge in [0.1, 0.15) is 9.84 Å². The Morgan fingerprint density at radius 3 is 2.50 bits per heavy atom. The lowest BCUT2D eigenvalue weighted by atomic mass is 10.0. The van der Waals surface area contributed by atoms with Crippen molar-refractivity contribution in [3.63, 3.8) is 0 Å². The van der Waals surface area contributed by atoms with Crippen molar-refractivity contribution in [1.82, 2.24) is 5.32 Å². The maximum Gasteiger partial charge on any atom is 0.147 e. The number of benzene rings is 1. The Labute approximate surface area is 110 Å². The lowest BCUT2D eigenvalue weighted by Crippen LogP contribution is -2.20. The molecule has 0 saturated heterocycles. The highest BCUT2D eigenvalue weighted by molar-refractivity contribution is 7.90. The number of hydrogen-bond acceptors (Lipinski definition) is 4. The fourth-order valence-corrected chi connectivity index (χ4v) is 2.49. The predicted octanol–water partition coefficient (Wildman–Crippen LogP) is 1.45. The van der Waals surface area contributed by atoms with E-state index in [1.165, 1.54) is 6.26 Å². The third kappa shape index (κ3) is 4.66. The minimum Gasteiger partial charge on any atom is -0.378 e. The topological polar surface area (TPSA) is 49.4 Å². The first-order valence-corrected chi connectivity index (χ1v) is 8.02. The Kier molecular flexibility index (Phi) is 5.16. The van der Waals surface area contributed by atoms with E-state index in [0.29, 0.717) is 6.42 Å². The molecule has 0 aliphatic carbocycles. The van der Waals surface area contributed by atoms with E-state index in [1.54, 1.807) is 0 Å². The SMILES string of the molecule is CNC(CCS(C)(=O)=O)c1cccc(N(C)C)c1. The summed E-state index contributed by atoms with van der Waals surface area (Å²) in [5.74, 6) is 0.199. The summed E-state index contributed by atoms with van der Waals surface area (Å²) in [6, 6.07) is 8.21. The molecule has 0 aromatic heterocycles. The second kappa shape index (κ2) is 6.20. The van der Waals surface area contributed by atoms with Crippen LogP contribution in [0.25, 0.3) is 0 Å². The highest BCUT2D eigenvalue weighted by atomic mass is 32.2. The van der Waals surface area contributed by atoms with Gasteiger partial charge in [0, 0.05) is 32.1 Å². The predicted molar refractivity (Wildman–Crippen MR) is 76.9 cm³/mol. The molecule has 1 aromatic rings. The highest BCUT2D eigenvalue weighted by Gasteiger charge is 2.13. The number of anilines is 1. The third-order valence-corrected chi connectivity index (χ3v) is 3.89. The smallest absolute Gasteiger partial charge is 0.147 e. The first kappa shape index (κ1) is 15.0. The molecule has 0 bridgehead atoms. The van der Waals surface area contributed by atoms with Gasteiger partial charge in [0.2, 0.25) is 0 Å². The average Bonchev–Trinajstić information content (AvgIpc) is 2.28. The van der Waals surface area contributed by atoms with Gasteiger partial charge in [-0.1, -0.05) is 12.1 Å². The van der Waals surface area contributed by atoms with Crippen molar-refractivity contribution in [1.29, 1.82) is 0 Å². The van der Waals surface area contributed by atoms with E-state index in [-0.39, 0.29) is 11.8 Å². The standard InChI is InChI=1S/C13H22N2O2S/c1-14-13(8-9-18(4,16)17)11-6-5-7-12(10-11)15(2)3/h5-7,10,13-14H,8-9H2,1-4H3. The van der Waals surface area contributed by atoms with E-state index in [1.807, 2.05) is 44.2 Å². The summed E-state index contributed by atoms with van der Waals surface area (Å²) in [7, 11) is 2.92. The largest absolute Gasteiger partial charge is 0.378 e. The van der Waals surface area contributed by atoms with Crippen LogP contribution in [0.5, 0.6) is 0 Å². The Morgan fingerprint density at radius 2 is 2.00 bits per heavy atom. The number of nitrogens with zero attached hydrogens (tertiary/aromatic N) is 1. The molecule has 0 heterocycles. The Morgan fingerprint density at radius 1 is 1.33 bits per heavy atom. The summed E-state index contributed by atoms with van der Waals surface area (Å²) in [6.07, 6.45) is 1.86. The molecule has 1 N–H and O–H groups in total. The number of nitrogens with one attached hydrogen (secondary N) is 1. The molecule has 1 unspecified atom stereocenters. The van der Waals surface area contributed by atoms with Crippen LogP contribution in [0.4, 0.5) is 5.69 Å². The van der Waals surface area contributed by atoms with E-state index >= 15 is 0 Å². The van der Waals surface area contributed by atoms with Gasteiger partial charge in [0.15, 0.2) is 0 Å². The quantitative estimate of drug-likeness (QED) is 0.850. The van der Waals surface area contributed by atoms with Gasteiger partial charge in [-0.05, 0) is 31.2 Å². The highest BCUT2D eigenvalue weighted by Crippen LogP contribution is 2.21. The van der Waals surface area contributed by atoms with Gasteiger partial charge in [0.25, 0.3) is 0 Å². The van der Waals surface area contributed by atoms with Crippen molar-refractivity contribution in [2.24, 2.45) is 0 Å². The van der Waals surface area contributed by atoms with E-state index in [9.17, 15) is 8.42 Å². The minimum absolute atomic E-state index is 0.0691. The Bertz CT molecular complexity index is 484.